The Kier molecular flexibility index (Phi) is 6.16. The van der Waals surface area contributed by atoms with Crippen molar-refractivity contribution in [1.29, 1.82) is 0 Å². The van der Waals surface area contributed by atoms with Crippen LogP contribution < -0.4 is 9.80 Å². The second-order valence-electron chi connectivity index (χ2n) is 8.84. The first-order valence-electron chi connectivity index (χ1n) is 11.7. The van der Waals surface area contributed by atoms with Gasteiger partial charge >= 0.3 is 6.47 Å². The van der Waals surface area contributed by atoms with E-state index in [0.29, 0.717) is 24.8 Å². The minimum Gasteiger partial charge on any atom is -0.489 e. The molecule has 0 atom stereocenters. The second kappa shape index (κ2) is 9.55. The molecule has 1 saturated carbocycles. The maximum Gasteiger partial charge on any atom is 0.320 e. The number of nitrogens with zero attached hydrogens (tertiary/aromatic N) is 4. The normalized spacial score (nSPS) is 13.6. The zero-order valence-corrected chi connectivity index (χ0v) is 19.4. The molecular formula is C27H28N4O3. The van der Waals surface area contributed by atoms with Crippen molar-refractivity contribution in [3.05, 3.63) is 78.4 Å². The molecule has 2 aromatic heterocycles. The highest BCUT2D eigenvalue weighted by Crippen LogP contribution is 2.40. The van der Waals surface area contributed by atoms with E-state index in [4.69, 9.17) is 14.6 Å². The lowest BCUT2D eigenvalue weighted by molar-refractivity contribution is -0.130. The van der Waals surface area contributed by atoms with Crippen LogP contribution in [0.2, 0.25) is 0 Å². The lowest BCUT2D eigenvalue weighted by Crippen LogP contribution is -2.31. The van der Waals surface area contributed by atoms with Crippen LogP contribution >= 0.6 is 0 Å². The lowest BCUT2D eigenvalue weighted by atomic mass is 9.85. The van der Waals surface area contributed by atoms with Gasteiger partial charge in [-0.2, -0.15) is 5.06 Å². The fourth-order valence-corrected chi connectivity index (χ4v) is 4.30. The van der Waals surface area contributed by atoms with Crippen LogP contribution in [-0.2, 0) is 16.2 Å². The Bertz CT molecular complexity index is 1280. The minimum atomic E-state index is -0.0978. The van der Waals surface area contributed by atoms with E-state index >= 15 is 0 Å². The summed E-state index contributed by atoms with van der Waals surface area (Å²) in [6.45, 7) is 4.83. The Morgan fingerprint density at radius 2 is 1.97 bits per heavy atom. The van der Waals surface area contributed by atoms with Gasteiger partial charge in [-0.25, -0.2) is 9.97 Å². The van der Waals surface area contributed by atoms with Crippen molar-refractivity contribution in [1.82, 2.24) is 14.4 Å². The third-order valence-electron chi connectivity index (χ3n) is 6.22. The number of fused-ring (bicyclic) bond motifs is 1. The highest BCUT2D eigenvalue weighted by atomic mass is 16.7. The Balaban J connectivity index is 1.59. The first kappa shape index (κ1) is 21.9. The summed E-state index contributed by atoms with van der Waals surface area (Å²) in [6.07, 6.45) is 7.13. The van der Waals surface area contributed by atoms with Gasteiger partial charge in [-0.05, 0) is 44.4 Å². The molecule has 1 fully saturated rings. The molecule has 1 aliphatic carbocycles. The van der Waals surface area contributed by atoms with E-state index in [9.17, 15) is 4.79 Å². The van der Waals surface area contributed by atoms with Crippen LogP contribution in [0.3, 0.4) is 0 Å². The van der Waals surface area contributed by atoms with E-state index < -0.39 is 0 Å². The Morgan fingerprint density at radius 3 is 2.68 bits per heavy atom. The van der Waals surface area contributed by atoms with E-state index in [2.05, 4.69) is 9.38 Å². The van der Waals surface area contributed by atoms with Gasteiger partial charge in [0.1, 0.15) is 29.4 Å². The highest BCUT2D eigenvalue weighted by Gasteiger charge is 2.29. The minimum absolute atomic E-state index is 0.0978. The molecule has 0 unspecified atom stereocenters. The third kappa shape index (κ3) is 4.21. The van der Waals surface area contributed by atoms with E-state index in [1.165, 1.54) is 11.5 Å². The van der Waals surface area contributed by atoms with Crippen LogP contribution in [0.5, 0.6) is 5.75 Å². The highest BCUT2D eigenvalue weighted by molar-refractivity contribution is 5.87. The zero-order valence-electron chi connectivity index (χ0n) is 19.4. The number of hydroxylamine groups is 1. The number of carbonyl (C=O) groups is 1. The largest absolute Gasteiger partial charge is 0.489 e. The van der Waals surface area contributed by atoms with Crippen LogP contribution in [-0.4, -0.2) is 26.9 Å². The monoisotopic (exact) mass is 456 g/mol. The molecule has 7 nitrogen and oxygen atoms in total. The summed E-state index contributed by atoms with van der Waals surface area (Å²) in [5, 5.41) is 1.54. The summed E-state index contributed by atoms with van der Waals surface area (Å²) in [5.74, 6) is 2.76. The summed E-state index contributed by atoms with van der Waals surface area (Å²) in [4.78, 5) is 26.3. The molecule has 0 bridgehead atoms. The van der Waals surface area contributed by atoms with Gasteiger partial charge in [-0.1, -0.05) is 48.9 Å². The first-order chi connectivity index (χ1) is 16.7. The fraction of sp³-hybridized carbons (Fsp3) is 0.296. The number of rotatable bonds is 9. The SMILES string of the molecule is CC(C)N(OC=O)c1nccn2c(C3CCC3)nc(-c3cccc(OCc4ccccc4)c3)c12. The third-order valence-corrected chi connectivity index (χ3v) is 6.22. The van der Waals surface area contributed by atoms with Crippen LogP contribution in [0, 0.1) is 0 Å². The molecule has 34 heavy (non-hydrogen) atoms. The summed E-state index contributed by atoms with van der Waals surface area (Å²) < 4.78 is 8.18. The predicted octanol–water partition coefficient (Wildman–Crippen LogP) is 5.55. The van der Waals surface area contributed by atoms with Gasteiger partial charge in [0.25, 0.3) is 0 Å². The maximum atomic E-state index is 11.3. The summed E-state index contributed by atoms with van der Waals surface area (Å²) in [6, 6.07) is 18.0. The molecule has 174 valence electrons. The number of benzene rings is 2. The van der Waals surface area contributed by atoms with Crippen molar-refractivity contribution in [2.24, 2.45) is 0 Å². The van der Waals surface area contributed by atoms with Crippen LogP contribution in [0.4, 0.5) is 5.82 Å². The number of ether oxygens (including phenoxy) is 1. The quantitative estimate of drug-likeness (QED) is 0.243. The maximum absolute atomic E-state index is 11.3. The molecule has 0 saturated heterocycles. The van der Waals surface area contributed by atoms with E-state index in [1.807, 2.05) is 74.6 Å². The van der Waals surface area contributed by atoms with Gasteiger partial charge < -0.3 is 9.57 Å². The predicted molar refractivity (Wildman–Crippen MR) is 131 cm³/mol. The van der Waals surface area contributed by atoms with Gasteiger partial charge in [0.05, 0.1) is 6.04 Å². The van der Waals surface area contributed by atoms with Crippen LogP contribution in [0.25, 0.3) is 16.8 Å². The smallest absolute Gasteiger partial charge is 0.320 e. The van der Waals surface area contributed by atoms with Gasteiger partial charge in [0, 0.05) is 23.9 Å². The summed E-state index contributed by atoms with van der Waals surface area (Å²) in [5.41, 5.74) is 3.66. The number of aromatic nitrogens is 3. The molecule has 2 aromatic carbocycles. The lowest BCUT2D eigenvalue weighted by Gasteiger charge is -2.26. The number of hydrogen-bond acceptors (Lipinski definition) is 6. The Hall–Kier alpha value is -3.87. The van der Waals surface area contributed by atoms with E-state index in [-0.39, 0.29) is 6.04 Å². The van der Waals surface area contributed by atoms with Crippen LogP contribution in [0.1, 0.15) is 50.4 Å². The molecule has 0 N–H and O–H groups in total. The second-order valence-corrected chi connectivity index (χ2v) is 8.84. The molecule has 0 radical (unpaired) electrons. The molecule has 0 aliphatic heterocycles. The van der Waals surface area contributed by atoms with Crippen molar-refractivity contribution in [2.45, 2.75) is 51.7 Å². The van der Waals surface area contributed by atoms with Crippen molar-refractivity contribution in [3.63, 3.8) is 0 Å². The Morgan fingerprint density at radius 1 is 1.15 bits per heavy atom. The average molecular weight is 457 g/mol. The molecule has 2 heterocycles. The number of imidazole rings is 1. The van der Waals surface area contributed by atoms with Gasteiger partial charge in [-0.3, -0.25) is 9.20 Å². The Labute approximate surface area is 198 Å². The fourth-order valence-electron chi connectivity index (χ4n) is 4.30. The van der Waals surface area contributed by atoms with Gasteiger partial charge in [0.15, 0.2) is 5.82 Å². The van der Waals surface area contributed by atoms with Crippen LogP contribution in [0.15, 0.2) is 67.0 Å². The number of anilines is 1. The molecule has 0 amide bonds. The molecule has 1 aliphatic rings. The molecule has 4 aromatic rings. The first-order valence-corrected chi connectivity index (χ1v) is 11.7. The summed E-state index contributed by atoms with van der Waals surface area (Å²) >= 11 is 0. The topological polar surface area (TPSA) is 69.0 Å². The van der Waals surface area contributed by atoms with E-state index in [1.54, 1.807) is 6.20 Å². The van der Waals surface area contributed by atoms with Crippen molar-refractivity contribution < 1.29 is 14.4 Å². The van der Waals surface area contributed by atoms with Crippen molar-refractivity contribution in [3.8, 4) is 17.0 Å². The number of carbonyl (C=O) groups excluding carboxylic acids is 1. The zero-order chi connectivity index (χ0) is 23.5. The van der Waals surface area contributed by atoms with Gasteiger partial charge in [-0.15, -0.1) is 0 Å². The van der Waals surface area contributed by atoms with Gasteiger partial charge in [0.2, 0.25) is 0 Å². The molecule has 7 heteroatoms. The van der Waals surface area contributed by atoms with E-state index in [0.717, 1.165) is 46.8 Å². The standard InChI is InChI=1S/C27H28N4O3/c1-19(2)31(34-18-32)27-25-24(29-26(21-10-6-11-21)30(25)15-14-28-27)22-12-7-13-23(16-22)33-17-20-8-4-3-5-9-20/h3-5,7-9,12-16,18-19,21H,6,10-11,17H2,1-2H3. The van der Waals surface area contributed by atoms with Crippen molar-refractivity contribution in [2.75, 3.05) is 5.06 Å². The molecular weight excluding hydrogens is 428 g/mol. The number of hydrogen-bond donors (Lipinski definition) is 0. The molecule has 5 rings (SSSR count). The molecule has 0 spiro atoms. The summed E-state index contributed by atoms with van der Waals surface area (Å²) in [7, 11) is 0. The van der Waals surface area contributed by atoms with Crippen molar-refractivity contribution >= 4 is 17.8 Å². The average Bonchev–Trinajstić information content (AvgIpc) is 3.20.